The van der Waals surface area contributed by atoms with Gasteiger partial charge in [0.15, 0.2) is 0 Å². The molecule has 0 aromatic heterocycles. The van der Waals surface area contributed by atoms with E-state index >= 15 is 0 Å². The number of rotatable bonds is 5. The van der Waals surface area contributed by atoms with Crippen LogP contribution in [-0.2, 0) is 0 Å². The Morgan fingerprint density at radius 2 is 2.05 bits per heavy atom. The van der Waals surface area contributed by atoms with Crippen LogP contribution in [0.3, 0.4) is 0 Å². The number of carboxylic acids is 1. The highest BCUT2D eigenvalue weighted by molar-refractivity contribution is 14.1. The van der Waals surface area contributed by atoms with Crippen molar-refractivity contribution in [2.75, 3.05) is 46.4 Å². The lowest BCUT2D eigenvalue weighted by atomic mass is 10.2. The molecule has 0 saturated carbocycles. The van der Waals surface area contributed by atoms with E-state index in [0.29, 0.717) is 12.4 Å². The van der Waals surface area contributed by atoms with Crippen LogP contribution in [0.1, 0.15) is 10.4 Å². The summed E-state index contributed by atoms with van der Waals surface area (Å²) in [7, 11) is 2.12. The molecule has 1 aromatic carbocycles. The van der Waals surface area contributed by atoms with Gasteiger partial charge in [-0.25, -0.2) is 4.79 Å². The molecule has 6 heteroatoms. The molecule has 0 radical (unpaired) electrons. The normalized spacial score (nSPS) is 17.1. The first-order valence-corrected chi connectivity index (χ1v) is 7.70. The molecule has 5 nitrogen and oxygen atoms in total. The third-order valence-corrected chi connectivity index (χ3v) is 4.10. The van der Waals surface area contributed by atoms with Crippen LogP contribution in [0, 0.1) is 3.57 Å². The standard InChI is InChI=1S/C14H19IN2O3/c1-16-4-6-17(7-5-16)8-9-20-13-3-2-11(15)10-12(13)14(18)19/h2-3,10H,4-9H2,1H3,(H,18,19). The van der Waals surface area contributed by atoms with Gasteiger partial charge in [-0.3, -0.25) is 4.90 Å². The summed E-state index contributed by atoms with van der Waals surface area (Å²) in [6, 6.07) is 5.22. The second-order valence-corrected chi connectivity index (χ2v) is 6.18. The zero-order valence-electron chi connectivity index (χ0n) is 11.5. The molecule has 1 saturated heterocycles. The zero-order valence-corrected chi connectivity index (χ0v) is 13.7. The molecule has 0 amide bonds. The van der Waals surface area contributed by atoms with Gasteiger partial charge < -0.3 is 14.7 Å². The third kappa shape index (κ3) is 4.32. The Morgan fingerprint density at radius 1 is 1.35 bits per heavy atom. The largest absolute Gasteiger partial charge is 0.491 e. The first-order valence-electron chi connectivity index (χ1n) is 6.63. The van der Waals surface area contributed by atoms with Gasteiger partial charge in [0.2, 0.25) is 0 Å². The molecule has 1 aromatic rings. The smallest absolute Gasteiger partial charge is 0.339 e. The minimum absolute atomic E-state index is 0.232. The number of hydrogen-bond acceptors (Lipinski definition) is 4. The van der Waals surface area contributed by atoms with Crippen LogP contribution < -0.4 is 4.74 Å². The van der Waals surface area contributed by atoms with Crippen molar-refractivity contribution >= 4 is 28.6 Å². The van der Waals surface area contributed by atoms with E-state index in [1.54, 1.807) is 12.1 Å². The van der Waals surface area contributed by atoms with E-state index in [4.69, 9.17) is 9.84 Å². The fourth-order valence-corrected chi connectivity index (χ4v) is 2.64. The molecule has 110 valence electrons. The Hall–Kier alpha value is -0.860. The molecule has 0 atom stereocenters. The third-order valence-electron chi connectivity index (χ3n) is 3.43. The quantitative estimate of drug-likeness (QED) is 0.775. The van der Waals surface area contributed by atoms with Crippen LogP contribution in [0.4, 0.5) is 0 Å². The number of benzene rings is 1. The fourth-order valence-electron chi connectivity index (χ4n) is 2.15. The first kappa shape index (κ1) is 15.5. The highest BCUT2D eigenvalue weighted by Crippen LogP contribution is 2.21. The van der Waals surface area contributed by atoms with Gasteiger partial charge in [0, 0.05) is 36.3 Å². The van der Waals surface area contributed by atoms with Crippen molar-refractivity contribution in [3.05, 3.63) is 27.3 Å². The Morgan fingerprint density at radius 3 is 2.70 bits per heavy atom. The summed E-state index contributed by atoms with van der Waals surface area (Å²) in [4.78, 5) is 15.8. The highest BCUT2D eigenvalue weighted by Gasteiger charge is 2.15. The predicted molar refractivity (Wildman–Crippen MR) is 85.6 cm³/mol. The van der Waals surface area contributed by atoms with Crippen LogP contribution in [0.5, 0.6) is 5.75 Å². The van der Waals surface area contributed by atoms with Crippen molar-refractivity contribution in [3.8, 4) is 5.75 Å². The molecule has 20 heavy (non-hydrogen) atoms. The molecular weight excluding hydrogens is 371 g/mol. The number of carbonyl (C=O) groups is 1. The lowest BCUT2D eigenvalue weighted by Gasteiger charge is -2.32. The number of aromatic carboxylic acids is 1. The second kappa shape index (κ2) is 7.24. The molecule has 1 N–H and O–H groups in total. The predicted octanol–water partition coefficient (Wildman–Crippen LogP) is 1.62. The Balaban J connectivity index is 1.86. The van der Waals surface area contributed by atoms with Gasteiger partial charge in [0.05, 0.1) is 0 Å². The number of ether oxygens (including phenoxy) is 1. The summed E-state index contributed by atoms with van der Waals surface area (Å²) in [6.45, 7) is 5.58. The maximum Gasteiger partial charge on any atom is 0.339 e. The highest BCUT2D eigenvalue weighted by atomic mass is 127. The van der Waals surface area contributed by atoms with E-state index in [1.165, 1.54) is 0 Å². The van der Waals surface area contributed by atoms with Gasteiger partial charge in [0.1, 0.15) is 17.9 Å². The lowest BCUT2D eigenvalue weighted by molar-refractivity contribution is 0.0690. The summed E-state index contributed by atoms with van der Waals surface area (Å²) in [5.41, 5.74) is 0.232. The summed E-state index contributed by atoms with van der Waals surface area (Å²) in [5, 5.41) is 9.17. The Kier molecular flexibility index (Phi) is 5.62. The van der Waals surface area contributed by atoms with Crippen LogP contribution in [0.2, 0.25) is 0 Å². The van der Waals surface area contributed by atoms with Gasteiger partial charge >= 0.3 is 5.97 Å². The summed E-state index contributed by atoms with van der Waals surface area (Å²) >= 11 is 2.10. The van der Waals surface area contributed by atoms with Crippen LogP contribution in [0.25, 0.3) is 0 Å². The van der Waals surface area contributed by atoms with E-state index in [0.717, 1.165) is 36.3 Å². The monoisotopic (exact) mass is 390 g/mol. The molecular formula is C14H19IN2O3. The summed E-state index contributed by atoms with van der Waals surface area (Å²) in [5.74, 6) is -0.495. The summed E-state index contributed by atoms with van der Waals surface area (Å²) in [6.07, 6.45) is 0. The molecule has 1 fully saturated rings. The van der Waals surface area contributed by atoms with Crippen LogP contribution in [-0.4, -0.2) is 67.3 Å². The number of nitrogens with zero attached hydrogens (tertiary/aromatic N) is 2. The zero-order chi connectivity index (χ0) is 14.5. The van der Waals surface area contributed by atoms with Gasteiger partial charge in [-0.2, -0.15) is 0 Å². The molecule has 1 aliphatic heterocycles. The Bertz CT molecular complexity index is 473. The number of hydrogen-bond donors (Lipinski definition) is 1. The second-order valence-electron chi connectivity index (χ2n) is 4.94. The van der Waals surface area contributed by atoms with Crippen LogP contribution >= 0.6 is 22.6 Å². The maximum absolute atomic E-state index is 11.2. The average Bonchev–Trinajstić information content (AvgIpc) is 2.42. The SMILES string of the molecule is CN1CCN(CCOc2ccc(I)cc2C(=O)O)CC1. The molecule has 0 aliphatic carbocycles. The van der Waals surface area contributed by atoms with Gasteiger partial charge in [-0.1, -0.05) is 0 Å². The number of halogens is 1. The molecule has 0 bridgehead atoms. The van der Waals surface area contributed by atoms with E-state index in [9.17, 15) is 4.79 Å². The Labute approximate surface area is 132 Å². The molecule has 0 unspecified atom stereocenters. The molecule has 1 heterocycles. The minimum atomic E-state index is -0.946. The van der Waals surface area contributed by atoms with Gasteiger partial charge in [-0.15, -0.1) is 0 Å². The van der Waals surface area contributed by atoms with Crippen molar-refractivity contribution < 1.29 is 14.6 Å². The molecule has 0 spiro atoms. The van der Waals surface area contributed by atoms with E-state index in [1.807, 2.05) is 6.07 Å². The van der Waals surface area contributed by atoms with Crippen LogP contribution in [0.15, 0.2) is 18.2 Å². The van der Waals surface area contributed by atoms with Gasteiger partial charge in [0.25, 0.3) is 0 Å². The molecule has 1 aliphatic rings. The molecule has 2 rings (SSSR count). The average molecular weight is 390 g/mol. The number of likely N-dealkylation sites (N-methyl/N-ethyl adjacent to an activating group) is 1. The lowest BCUT2D eigenvalue weighted by Crippen LogP contribution is -2.45. The van der Waals surface area contributed by atoms with Crippen molar-refractivity contribution in [2.24, 2.45) is 0 Å². The topological polar surface area (TPSA) is 53.0 Å². The fraction of sp³-hybridized carbons (Fsp3) is 0.500. The van der Waals surface area contributed by atoms with Crippen molar-refractivity contribution in [3.63, 3.8) is 0 Å². The van der Waals surface area contributed by atoms with E-state index in [-0.39, 0.29) is 5.56 Å². The van der Waals surface area contributed by atoms with Crippen molar-refractivity contribution in [1.82, 2.24) is 9.80 Å². The van der Waals surface area contributed by atoms with E-state index < -0.39 is 5.97 Å². The van der Waals surface area contributed by atoms with Gasteiger partial charge in [-0.05, 0) is 47.8 Å². The van der Waals surface area contributed by atoms with E-state index in [2.05, 4.69) is 39.4 Å². The van der Waals surface area contributed by atoms with Crippen molar-refractivity contribution in [1.29, 1.82) is 0 Å². The number of carboxylic acid groups (broad SMARTS) is 1. The first-order chi connectivity index (χ1) is 9.56. The number of piperazine rings is 1. The maximum atomic E-state index is 11.2. The summed E-state index contributed by atoms with van der Waals surface area (Å²) < 4.78 is 6.54. The van der Waals surface area contributed by atoms with Crippen molar-refractivity contribution in [2.45, 2.75) is 0 Å². The minimum Gasteiger partial charge on any atom is -0.491 e.